The van der Waals surface area contributed by atoms with Crippen molar-refractivity contribution in [1.82, 2.24) is 34.5 Å². The number of aryl methyl sites for hydroxylation is 1. The summed E-state index contributed by atoms with van der Waals surface area (Å²) in [4.78, 5) is 12.1. The first-order valence-corrected chi connectivity index (χ1v) is 9.96. The van der Waals surface area contributed by atoms with Gasteiger partial charge in [-0.3, -0.25) is 4.68 Å². The Morgan fingerprint density at radius 3 is 2.62 bits per heavy atom. The maximum atomic E-state index is 13.1. The van der Waals surface area contributed by atoms with E-state index < -0.39 is 11.9 Å². The van der Waals surface area contributed by atoms with Crippen LogP contribution < -0.4 is 10.1 Å². The van der Waals surface area contributed by atoms with E-state index in [2.05, 4.69) is 36.5 Å². The minimum Gasteiger partial charge on any atom is -0.487 e. The fraction of sp³-hybridized carbons (Fsp3) is 0.238. The Labute approximate surface area is 191 Å². The standard InChI is InChI=1S/C21H18F3N9O/c1-13(9-33-12-26-11-29-33)34-18-5-14(3-4-15(18)6-25)16-7-27-20(28-8-16)30-17-10-32(2)31-19(17)21(22,23)24/h3-5,7-8,10-13H,9H2,1-2H3,(H,27,28,30). The Morgan fingerprint density at radius 1 is 1.21 bits per heavy atom. The second-order valence-corrected chi connectivity index (χ2v) is 7.35. The molecule has 0 aliphatic carbocycles. The fourth-order valence-electron chi connectivity index (χ4n) is 3.19. The highest BCUT2D eigenvalue weighted by molar-refractivity contribution is 5.67. The minimum absolute atomic E-state index is 0.0196. The molecule has 34 heavy (non-hydrogen) atoms. The molecule has 3 aromatic heterocycles. The van der Waals surface area contributed by atoms with Crippen molar-refractivity contribution in [2.45, 2.75) is 25.7 Å². The van der Waals surface area contributed by atoms with Crippen LogP contribution in [0, 0.1) is 11.3 Å². The van der Waals surface area contributed by atoms with E-state index in [1.807, 2.05) is 6.92 Å². The first-order chi connectivity index (χ1) is 16.2. The number of nitrogens with one attached hydrogen (secondary N) is 1. The summed E-state index contributed by atoms with van der Waals surface area (Å²) in [6, 6.07) is 7.10. The van der Waals surface area contributed by atoms with Crippen molar-refractivity contribution in [3.05, 3.63) is 60.7 Å². The van der Waals surface area contributed by atoms with E-state index in [1.165, 1.54) is 32.0 Å². The van der Waals surface area contributed by atoms with E-state index in [4.69, 9.17) is 4.74 Å². The summed E-state index contributed by atoms with van der Waals surface area (Å²) in [5, 5.41) is 19.5. The number of nitrogens with zero attached hydrogens (tertiary/aromatic N) is 8. The van der Waals surface area contributed by atoms with Gasteiger partial charge >= 0.3 is 6.18 Å². The van der Waals surface area contributed by atoms with Gasteiger partial charge in [0.25, 0.3) is 0 Å². The molecule has 1 unspecified atom stereocenters. The van der Waals surface area contributed by atoms with E-state index in [1.54, 1.807) is 29.2 Å². The number of hydrogen-bond donors (Lipinski definition) is 1. The third kappa shape index (κ3) is 5.12. The number of ether oxygens (including phenoxy) is 1. The molecule has 0 bridgehead atoms. The SMILES string of the molecule is CC(Cn1cncn1)Oc1cc(-c2cnc(Nc3cn(C)nc3C(F)(F)F)nc2)ccc1C#N. The zero-order valence-corrected chi connectivity index (χ0v) is 18.0. The van der Waals surface area contributed by atoms with Crippen LogP contribution in [0.1, 0.15) is 18.2 Å². The van der Waals surface area contributed by atoms with E-state index in [9.17, 15) is 18.4 Å². The second-order valence-electron chi connectivity index (χ2n) is 7.35. The maximum Gasteiger partial charge on any atom is 0.437 e. The summed E-state index contributed by atoms with van der Waals surface area (Å²) in [7, 11) is 1.39. The lowest BCUT2D eigenvalue weighted by Gasteiger charge is -2.16. The van der Waals surface area contributed by atoms with Gasteiger partial charge in [-0.2, -0.15) is 28.6 Å². The van der Waals surface area contributed by atoms with Crippen LogP contribution >= 0.6 is 0 Å². The highest BCUT2D eigenvalue weighted by Gasteiger charge is 2.37. The largest absolute Gasteiger partial charge is 0.487 e. The van der Waals surface area contributed by atoms with Crippen LogP contribution in [-0.4, -0.2) is 40.6 Å². The molecule has 0 radical (unpaired) electrons. The van der Waals surface area contributed by atoms with Crippen molar-refractivity contribution in [1.29, 1.82) is 5.26 Å². The van der Waals surface area contributed by atoms with E-state index in [-0.39, 0.29) is 17.7 Å². The Bertz CT molecular complexity index is 1310. The third-order valence-corrected chi connectivity index (χ3v) is 4.67. The molecular formula is C21H18F3N9O. The highest BCUT2D eigenvalue weighted by Crippen LogP contribution is 2.34. The van der Waals surface area contributed by atoms with Gasteiger partial charge in [0.05, 0.1) is 17.8 Å². The van der Waals surface area contributed by atoms with Gasteiger partial charge in [0.15, 0.2) is 5.69 Å². The van der Waals surface area contributed by atoms with Crippen LogP contribution in [0.2, 0.25) is 0 Å². The molecule has 0 amide bonds. The van der Waals surface area contributed by atoms with Crippen LogP contribution in [0.15, 0.2) is 49.4 Å². The molecule has 174 valence electrons. The summed E-state index contributed by atoms with van der Waals surface area (Å²) >= 11 is 0. The van der Waals surface area contributed by atoms with Gasteiger partial charge in [0.1, 0.15) is 30.6 Å². The molecule has 4 rings (SSSR count). The average Bonchev–Trinajstić information content (AvgIpc) is 3.43. The Hall–Kier alpha value is -4.47. The molecule has 13 heteroatoms. The average molecular weight is 469 g/mol. The lowest BCUT2D eigenvalue weighted by molar-refractivity contribution is -0.140. The van der Waals surface area contributed by atoms with Crippen molar-refractivity contribution in [3.8, 4) is 22.9 Å². The summed E-state index contributed by atoms with van der Waals surface area (Å²) in [5.41, 5.74) is 0.302. The molecule has 0 spiro atoms. The normalized spacial score (nSPS) is 12.2. The van der Waals surface area contributed by atoms with E-state index in [0.717, 1.165) is 4.68 Å². The van der Waals surface area contributed by atoms with Crippen LogP contribution in [0.4, 0.5) is 24.8 Å². The molecule has 1 atom stereocenters. The summed E-state index contributed by atoms with van der Waals surface area (Å²) in [6.45, 7) is 2.28. The van der Waals surface area contributed by atoms with Crippen molar-refractivity contribution in [2.24, 2.45) is 7.05 Å². The van der Waals surface area contributed by atoms with Gasteiger partial charge in [-0.25, -0.2) is 19.6 Å². The summed E-state index contributed by atoms with van der Waals surface area (Å²) in [5.74, 6) is 0.355. The number of rotatable bonds is 7. The van der Waals surface area contributed by atoms with Gasteiger partial charge in [0.2, 0.25) is 5.95 Å². The van der Waals surface area contributed by atoms with Crippen LogP contribution in [-0.2, 0) is 19.8 Å². The van der Waals surface area contributed by atoms with Crippen LogP contribution in [0.25, 0.3) is 11.1 Å². The lowest BCUT2D eigenvalue weighted by Crippen LogP contribution is -2.20. The van der Waals surface area contributed by atoms with Crippen molar-refractivity contribution >= 4 is 11.6 Å². The van der Waals surface area contributed by atoms with Crippen LogP contribution in [0.3, 0.4) is 0 Å². The van der Waals surface area contributed by atoms with Gasteiger partial charge in [-0.05, 0) is 24.6 Å². The molecular weight excluding hydrogens is 451 g/mol. The van der Waals surface area contributed by atoms with E-state index in [0.29, 0.717) is 29.0 Å². The topological polar surface area (TPSA) is 119 Å². The van der Waals surface area contributed by atoms with Crippen LogP contribution in [0.5, 0.6) is 5.75 Å². The number of halogens is 3. The number of anilines is 2. The Morgan fingerprint density at radius 2 is 1.97 bits per heavy atom. The number of hydrogen-bond acceptors (Lipinski definition) is 8. The first kappa shape index (κ1) is 22.7. The smallest absolute Gasteiger partial charge is 0.437 e. The van der Waals surface area contributed by atoms with Crippen molar-refractivity contribution in [2.75, 3.05) is 5.32 Å². The molecule has 1 aromatic carbocycles. The van der Waals surface area contributed by atoms with Gasteiger partial charge in [0, 0.05) is 31.2 Å². The minimum atomic E-state index is -4.62. The van der Waals surface area contributed by atoms with Crippen molar-refractivity contribution < 1.29 is 17.9 Å². The molecule has 0 aliphatic rings. The molecule has 0 saturated heterocycles. The number of nitriles is 1. The third-order valence-electron chi connectivity index (χ3n) is 4.67. The summed E-state index contributed by atoms with van der Waals surface area (Å²) < 4.78 is 48.1. The second kappa shape index (κ2) is 9.18. The summed E-state index contributed by atoms with van der Waals surface area (Å²) in [6.07, 6.45) is 2.20. The fourth-order valence-corrected chi connectivity index (χ4v) is 3.19. The lowest BCUT2D eigenvalue weighted by atomic mass is 10.1. The highest BCUT2D eigenvalue weighted by atomic mass is 19.4. The molecule has 4 aromatic rings. The zero-order chi connectivity index (χ0) is 24.3. The zero-order valence-electron chi connectivity index (χ0n) is 18.0. The molecule has 3 heterocycles. The predicted octanol–water partition coefficient (Wildman–Crippen LogP) is 3.57. The quantitative estimate of drug-likeness (QED) is 0.436. The molecule has 0 fully saturated rings. The van der Waals surface area contributed by atoms with E-state index >= 15 is 0 Å². The molecule has 0 aliphatic heterocycles. The van der Waals surface area contributed by atoms with Crippen molar-refractivity contribution in [3.63, 3.8) is 0 Å². The van der Waals surface area contributed by atoms with Gasteiger partial charge in [-0.15, -0.1) is 0 Å². The monoisotopic (exact) mass is 469 g/mol. The molecule has 1 N–H and O–H groups in total. The van der Waals surface area contributed by atoms with Gasteiger partial charge in [-0.1, -0.05) is 6.07 Å². The Balaban J connectivity index is 1.53. The number of alkyl halides is 3. The maximum absolute atomic E-state index is 13.1. The molecule has 10 nitrogen and oxygen atoms in total. The Kier molecular flexibility index (Phi) is 6.13. The first-order valence-electron chi connectivity index (χ1n) is 9.96. The molecule has 0 saturated carbocycles. The van der Waals surface area contributed by atoms with Gasteiger partial charge < -0.3 is 10.1 Å². The predicted molar refractivity (Wildman–Crippen MR) is 114 cm³/mol. The number of aromatic nitrogens is 7. The number of benzene rings is 1.